The van der Waals surface area contributed by atoms with Crippen LogP contribution in [0, 0.1) is 0 Å². The van der Waals surface area contributed by atoms with Crippen LogP contribution in [-0.4, -0.2) is 27.6 Å². The second kappa shape index (κ2) is 6.35. The molecule has 0 atom stereocenters. The highest BCUT2D eigenvalue weighted by molar-refractivity contribution is 6.35. The molecule has 0 aliphatic carbocycles. The highest BCUT2D eigenvalue weighted by Crippen LogP contribution is 2.01. The van der Waals surface area contributed by atoms with E-state index in [0.717, 1.165) is 0 Å². The van der Waals surface area contributed by atoms with E-state index in [1.165, 1.54) is 12.2 Å². The van der Waals surface area contributed by atoms with E-state index in [9.17, 15) is 4.79 Å². The minimum absolute atomic E-state index is 0.360. The molecule has 0 aliphatic rings. The van der Waals surface area contributed by atoms with E-state index in [1.54, 1.807) is 19.1 Å². The van der Waals surface area contributed by atoms with Gasteiger partial charge in [-0.25, -0.2) is 4.79 Å². The summed E-state index contributed by atoms with van der Waals surface area (Å²) in [5.41, 5.74) is 0.360. The molecule has 4 radical (unpaired) electrons. The molecule has 0 saturated carbocycles. The molecule has 13 heavy (non-hydrogen) atoms. The number of carbonyl (C=O) groups excluding carboxylic acids is 1. The molecule has 0 spiro atoms. The van der Waals surface area contributed by atoms with Crippen molar-refractivity contribution < 1.29 is 9.53 Å². The fourth-order valence-corrected chi connectivity index (χ4v) is 0.690. The quantitative estimate of drug-likeness (QED) is 0.271. The van der Waals surface area contributed by atoms with Crippen molar-refractivity contribution in [2.75, 3.05) is 0 Å². The lowest BCUT2D eigenvalue weighted by atomic mass is 9.82. The largest absolute Gasteiger partial charge is 0.479 e. The first-order chi connectivity index (χ1) is 6.11. The van der Waals surface area contributed by atoms with E-state index < -0.39 is 11.9 Å². The van der Waals surface area contributed by atoms with E-state index in [-0.39, 0.29) is 0 Å². The molecular weight excluding hydrogens is 162 g/mol. The first-order valence-electron chi connectivity index (χ1n) is 3.79. The Kier molecular flexibility index (Phi) is 5.77. The van der Waals surface area contributed by atoms with Crippen LogP contribution in [0.4, 0.5) is 0 Å². The molecule has 0 saturated heterocycles. The minimum Gasteiger partial charge on any atom is -0.479 e. The third-order valence-corrected chi connectivity index (χ3v) is 1.12. The molecule has 4 heteroatoms. The van der Waals surface area contributed by atoms with Crippen LogP contribution in [0.1, 0.15) is 6.92 Å². The second-order valence-electron chi connectivity index (χ2n) is 2.23. The normalized spacial score (nSPS) is 12.0. The Morgan fingerprint density at radius 2 is 2.15 bits per heavy atom. The molecule has 0 heterocycles. The molecule has 0 N–H and O–H groups in total. The summed E-state index contributed by atoms with van der Waals surface area (Å²) in [5.74, 6) is -1.65. The molecule has 0 unspecified atom stereocenters. The van der Waals surface area contributed by atoms with Gasteiger partial charge in [0.15, 0.2) is 0 Å². The number of allylic oxidation sites excluding steroid dienone is 3. The molecule has 0 aromatic rings. The van der Waals surface area contributed by atoms with Gasteiger partial charge in [0.05, 0.1) is 5.57 Å². The van der Waals surface area contributed by atoms with Gasteiger partial charge in [-0.05, 0) is 13.0 Å². The number of esters is 1. The van der Waals surface area contributed by atoms with Crippen molar-refractivity contribution in [1.29, 1.82) is 0 Å². The van der Waals surface area contributed by atoms with Crippen LogP contribution in [0.5, 0.6) is 0 Å². The van der Waals surface area contributed by atoms with Gasteiger partial charge >= 0.3 is 5.97 Å². The van der Waals surface area contributed by atoms with Crippen molar-refractivity contribution in [2.45, 2.75) is 12.8 Å². The van der Waals surface area contributed by atoms with Crippen LogP contribution in [0.3, 0.4) is 0 Å². The zero-order chi connectivity index (χ0) is 10.3. The summed E-state index contributed by atoms with van der Waals surface area (Å²) in [7, 11) is 10.2. The number of rotatable bonds is 4. The lowest BCUT2D eigenvalue weighted by molar-refractivity contribution is -0.137. The fraction of sp³-hybridized carbons (Fsp3) is 0.222. The van der Waals surface area contributed by atoms with Gasteiger partial charge < -0.3 is 4.74 Å². The summed E-state index contributed by atoms with van der Waals surface area (Å²) in [5, 5.41) is 0. The Balaban J connectivity index is 4.47. The van der Waals surface area contributed by atoms with E-state index in [4.69, 9.17) is 15.7 Å². The molecule has 64 valence electrons. The van der Waals surface area contributed by atoms with Crippen molar-refractivity contribution >= 4 is 21.7 Å². The highest BCUT2D eigenvalue weighted by Gasteiger charge is 2.07. The Labute approximate surface area is 81.2 Å². The first kappa shape index (κ1) is 11.8. The summed E-state index contributed by atoms with van der Waals surface area (Å²) in [6.07, 6.45) is 6.30. The van der Waals surface area contributed by atoms with Crippen molar-refractivity contribution in [3.8, 4) is 0 Å². The van der Waals surface area contributed by atoms with E-state index in [2.05, 4.69) is 11.3 Å². The maximum atomic E-state index is 11.2. The van der Waals surface area contributed by atoms with Gasteiger partial charge in [-0.3, -0.25) is 0 Å². The molecule has 0 aliphatic heterocycles. The Bertz CT molecular complexity index is 242. The third kappa shape index (κ3) is 5.12. The first-order valence-corrected chi connectivity index (χ1v) is 3.79. The standard InChI is InChI=1S/C9H10B2O2/c1-3-5-7(6-4-2)8(12)13-9(10)11/h3-6,9H,1H2,2H3/b6-4-,7-5+. The predicted molar refractivity (Wildman–Crippen MR) is 54.5 cm³/mol. The van der Waals surface area contributed by atoms with Crippen molar-refractivity contribution in [1.82, 2.24) is 0 Å². The van der Waals surface area contributed by atoms with Crippen LogP contribution in [0.15, 0.2) is 36.5 Å². The molecule has 0 amide bonds. The highest BCUT2D eigenvalue weighted by atomic mass is 16.5. The van der Waals surface area contributed by atoms with Crippen molar-refractivity contribution in [2.24, 2.45) is 0 Å². The second-order valence-corrected chi connectivity index (χ2v) is 2.23. The van der Waals surface area contributed by atoms with E-state index in [0.29, 0.717) is 5.57 Å². The van der Waals surface area contributed by atoms with Crippen LogP contribution in [0.2, 0.25) is 0 Å². The average Bonchev–Trinajstić information content (AvgIpc) is 2.02. The minimum atomic E-state index is -1.09. The van der Waals surface area contributed by atoms with Gasteiger partial charge in [0.25, 0.3) is 0 Å². The monoisotopic (exact) mass is 172 g/mol. The SMILES string of the molecule is [B]C([B])OC(=O)C(/C=C\C)=C/C=C. The fourth-order valence-electron chi connectivity index (χ4n) is 0.690. The number of hydrogen-bond acceptors (Lipinski definition) is 2. The molecule has 0 fully saturated rings. The van der Waals surface area contributed by atoms with Crippen LogP contribution >= 0.6 is 0 Å². The van der Waals surface area contributed by atoms with Crippen LogP contribution in [0.25, 0.3) is 0 Å². The van der Waals surface area contributed by atoms with Gasteiger partial charge in [0, 0.05) is 5.90 Å². The number of ether oxygens (including phenoxy) is 1. The third-order valence-electron chi connectivity index (χ3n) is 1.12. The molecular formula is C9H10B2O2. The lowest BCUT2D eigenvalue weighted by Crippen LogP contribution is -2.18. The predicted octanol–water partition coefficient (Wildman–Crippen LogP) is 0.839. The van der Waals surface area contributed by atoms with Crippen molar-refractivity contribution in [3.05, 3.63) is 36.5 Å². The maximum Gasteiger partial charge on any atom is 0.336 e. The Morgan fingerprint density at radius 3 is 2.54 bits per heavy atom. The van der Waals surface area contributed by atoms with Gasteiger partial charge in [0.1, 0.15) is 15.7 Å². The number of carbonyl (C=O) groups is 1. The topological polar surface area (TPSA) is 26.3 Å². The zero-order valence-electron chi connectivity index (χ0n) is 7.57. The van der Waals surface area contributed by atoms with Crippen LogP contribution in [-0.2, 0) is 9.53 Å². The average molecular weight is 172 g/mol. The van der Waals surface area contributed by atoms with Crippen molar-refractivity contribution in [3.63, 3.8) is 0 Å². The van der Waals surface area contributed by atoms with E-state index in [1.807, 2.05) is 0 Å². The van der Waals surface area contributed by atoms with Gasteiger partial charge in [-0.15, -0.1) is 0 Å². The van der Waals surface area contributed by atoms with Crippen LogP contribution < -0.4 is 0 Å². The molecule has 2 nitrogen and oxygen atoms in total. The lowest BCUT2D eigenvalue weighted by Gasteiger charge is -2.08. The summed E-state index contributed by atoms with van der Waals surface area (Å²) in [4.78, 5) is 11.2. The summed E-state index contributed by atoms with van der Waals surface area (Å²) in [6, 6.07) is 0. The molecule has 0 bridgehead atoms. The summed E-state index contributed by atoms with van der Waals surface area (Å²) in [6.45, 7) is 5.25. The summed E-state index contributed by atoms with van der Waals surface area (Å²) >= 11 is 0. The summed E-state index contributed by atoms with van der Waals surface area (Å²) < 4.78 is 4.57. The van der Waals surface area contributed by atoms with Gasteiger partial charge in [-0.1, -0.05) is 24.8 Å². The molecule has 0 rings (SSSR count). The number of hydrogen-bond donors (Lipinski definition) is 0. The maximum absolute atomic E-state index is 11.2. The molecule has 0 aromatic heterocycles. The zero-order valence-corrected chi connectivity index (χ0v) is 7.57. The van der Waals surface area contributed by atoms with Gasteiger partial charge in [-0.2, -0.15) is 0 Å². The smallest absolute Gasteiger partial charge is 0.336 e. The Hall–Kier alpha value is -1.18. The Morgan fingerprint density at radius 1 is 1.54 bits per heavy atom. The molecule has 0 aromatic carbocycles. The van der Waals surface area contributed by atoms with Gasteiger partial charge in [0.2, 0.25) is 0 Å². The van der Waals surface area contributed by atoms with E-state index >= 15 is 0 Å².